The highest BCUT2D eigenvalue weighted by Crippen LogP contribution is 2.22. The van der Waals surface area contributed by atoms with Crippen molar-refractivity contribution in [2.24, 2.45) is 0 Å². The molecular formula is C11H15N. The average molecular weight is 161 g/mol. The molecule has 0 saturated carbocycles. The van der Waals surface area contributed by atoms with Crippen molar-refractivity contribution in [2.75, 3.05) is 6.54 Å². The first-order chi connectivity index (χ1) is 5.90. The Hall–Kier alpha value is -0.820. The van der Waals surface area contributed by atoms with Gasteiger partial charge in [0.1, 0.15) is 0 Å². The summed E-state index contributed by atoms with van der Waals surface area (Å²) in [5.74, 6) is 0. The van der Waals surface area contributed by atoms with Crippen molar-refractivity contribution in [3.8, 4) is 0 Å². The van der Waals surface area contributed by atoms with Crippen LogP contribution in [0.25, 0.3) is 0 Å². The van der Waals surface area contributed by atoms with Gasteiger partial charge >= 0.3 is 0 Å². The van der Waals surface area contributed by atoms with Crippen LogP contribution in [0.4, 0.5) is 0 Å². The van der Waals surface area contributed by atoms with Crippen molar-refractivity contribution >= 4 is 0 Å². The van der Waals surface area contributed by atoms with E-state index in [0.29, 0.717) is 0 Å². The third-order valence-corrected chi connectivity index (χ3v) is 2.53. The predicted molar refractivity (Wildman–Crippen MR) is 50.9 cm³/mol. The second-order valence-corrected chi connectivity index (χ2v) is 3.48. The molecule has 1 aromatic carbocycles. The zero-order valence-electron chi connectivity index (χ0n) is 7.53. The summed E-state index contributed by atoms with van der Waals surface area (Å²) in [4.78, 5) is 2.51. The van der Waals surface area contributed by atoms with Gasteiger partial charge in [0.2, 0.25) is 0 Å². The Morgan fingerprint density at radius 1 is 1.33 bits per heavy atom. The Bertz CT molecular complexity index is 242. The number of hydrogen-bond donors (Lipinski definition) is 0. The number of hydrogen-bond acceptors (Lipinski definition) is 1. The van der Waals surface area contributed by atoms with Crippen molar-refractivity contribution in [3.63, 3.8) is 0 Å². The van der Waals surface area contributed by atoms with Gasteiger partial charge in [0.15, 0.2) is 0 Å². The predicted octanol–water partition coefficient (Wildman–Crippen LogP) is 2.28. The van der Waals surface area contributed by atoms with E-state index in [4.69, 9.17) is 0 Å². The van der Waals surface area contributed by atoms with E-state index in [0.717, 1.165) is 12.6 Å². The van der Waals surface area contributed by atoms with Crippen molar-refractivity contribution in [3.05, 3.63) is 35.9 Å². The second kappa shape index (κ2) is 3.28. The van der Waals surface area contributed by atoms with E-state index in [1.54, 1.807) is 0 Å². The summed E-state index contributed by atoms with van der Waals surface area (Å²) >= 11 is 0. The molecule has 1 heteroatoms. The van der Waals surface area contributed by atoms with Crippen molar-refractivity contribution in [1.82, 2.24) is 4.90 Å². The Morgan fingerprint density at radius 3 is 2.67 bits per heavy atom. The quantitative estimate of drug-likeness (QED) is 0.615. The molecule has 1 aliphatic rings. The molecule has 2 rings (SSSR count). The molecule has 0 N–H and O–H groups in total. The molecule has 2 atom stereocenters. The Balaban J connectivity index is 1.89. The van der Waals surface area contributed by atoms with E-state index in [2.05, 4.69) is 42.2 Å². The standard InChI is InChI=1S/C11H15N/c1-2-11-9-12(11)8-10-6-4-3-5-7-10/h3-7,11H,2,8-9H2,1H3/t11-,12?/m1/s1. The highest BCUT2D eigenvalue weighted by molar-refractivity contribution is 5.15. The topological polar surface area (TPSA) is 3.01 Å². The molecule has 0 aromatic heterocycles. The van der Waals surface area contributed by atoms with E-state index < -0.39 is 0 Å². The van der Waals surface area contributed by atoms with Crippen LogP contribution in [0.5, 0.6) is 0 Å². The van der Waals surface area contributed by atoms with Crippen molar-refractivity contribution < 1.29 is 0 Å². The van der Waals surface area contributed by atoms with E-state index in [1.807, 2.05) is 0 Å². The zero-order chi connectivity index (χ0) is 8.39. The van der Waals surface area contributed by atoms with Crippen LogP contribution >= 0.6 is 0 Å². The maximum absolute atomic E-state index is 2.51. The van der Waals surface area contributed by atoms with Crippen molar-refractivity contribution in [2.45, 2.75) is 25.9 Å². The molecule has 1 heterocycles. The molecule has 1 fully saturated rings. The minimum absolute atomic E-state index is 0.866. The zero-order valence-corrected chi connectivity index (χ0v) is 7.53. The van der Waals surface area contributed by atoms with Gasteiger partial charge < -0.3 is 0 Å². The molecular weight excluding hydrogens is 146 g/mol. The molecule has 12 heavy (non-hydrogen) atoms. The van der Waals surface area contributed by atoms with Crippen LogP contribution in [0.15, 0.2) is 30.3 Å². The van der Waals surface area contributed by atoms with E-state index in [1.165, 1.54) is 18.5 Å². The van der Waals surface area contributed by atoms with Crippen LogP contribution in [-0.4, -0.2) is 17.5 Å². The number of rotatable bonds is 3. The molecule has 0 spiro atoms. The first kappa shape index (κ1) is 7.81. The van der Waals surface area contributed by atoms with E-state index >= 15 is 0 Å². The third kappa shape index (κ3) is 1.67. The molecule has 0 bridgehead atoms. The Labute approximate surface area is 74.0 Å². The first-order valence-electron chi connectivity index (χ1n) is 4.68. The molecule has 0 radical (unpaired) electrons. The fourth-order valence-corrected chi connectivity index (χ4v) is 1.62. The van der Waals surface area contributed by atoms with Gasteiger partial charge in [0.05, 0.1) is 0 Å². The van der Waals surface area contributed by atoms with Crippen LogP contribution in [0.3, 0.4) is 0 Å². The summed E-state index contributed by atoms with van der Waals surface area (Å²) in [6.45, 7) is 4.69. The highest BCUT2D eigenvalue weighted by Gasteiger charge is 2.31. The molecule has 1 saturated heterocycles. The lowest BCUT2D eigenvalue weighted by Crippen LogP contribution is -2.00. The second-order valence-electron chi connectivity index (χ2n) is 3.48. The summed E-state index contributed by atoms with van der Waals surface area (Å²) in [5.41, 5.74) is 1.44. The summed E-state index contributed by atoms with van der Waals surface area (Å²) < 4.78 is 0. The Morgan fingerprint density at radius 2 is 2.08 bits per heavy atom. The lowest BCUT2D eigenvalue weighted by atomic mass is 10.2. The van der Waals surface area contributed by atoms with Gasteiger partial charge in [-0.2, -0.15) is 0 Å². The average Bonchev–Trinajstić information content (AvgIpc) is 2.85. The third-order valence-electron chi connectivity index (χ3n) is 2.53. The normalized spacial score (nSPS) is 27.1. The summed E-state index contributed by atoms with van der Waals surface area (Å²) in [6, 6.07) is 11.6. The van der Waals surface area contributed by atoms with Crippen LogP contribution in [0, 0.1) is 0 Å². The van der Waals surface area contributed by atoms with Gasteiger partial charge in [-0.25, -0.2) is 0 Å². The molecule has 0 amide bonds. The van der Waals surface area contributed by atoms with Crippen LogP contribution < -0.4 is 0 Å². The highest BCUT2D eigenvalue weighted by atomic mass is 15.3. The first-order valence-corrected chi connectivity index (χ1v) is 4.68. The van der Waals surface area contributed by atoms with E-state index in [-0.39, 0.29) is 0 Å². The fraction of sp³-hybridized carbons (Fsp3) is 0.455. The maximum atomic E-state index is 2.51. The maximum Gasteiger partial charge on any atom is 0.0237 e. The van der Waals surface area contributed by atoms with Gasteiger partial charge in [-0.3, -0.25) is 4.90 Å². The van der Waals surface area contributed by atoms with Gasteiger partial charge in [-0.15, -0.1) is 0 Å². The number of benzene rings is 1. The lowest BCUT2D eigenvalue weighted by Gasteiger charge is -2.01. The van der Waals surface area contributed by atoms with Crippen LogP contribution in [-0.2, 0) is 6.54 Å². The van der Waals surface area contributed by atoms with Crippen molar-refractivity contribution in [1.29, 1.82) is 0 Å². The Kier molecular flexibility index (Phi) is 2.13. The van der Waals surface area contributed by atoms with E-state index in [9.17, 15) is 0 Å². The minimum atomic E-state index is 0.866. The SMILES string of the molecule is CC[C@@H]1CN1Cc1ccccc1. The van der Waals surface area contributed by atoms with Crippen LogP contribution in [0.1, 0.15) is 18.9 Å². The molecule has 1 aromatic rings. The summed E-state index contributed by atoms with van der Waals surface area (Å²) in [6.07, 6.45) is 1.30. The fourth-order valence-electron chi connectivity index (χ4n) is 1.62. The molecule has 1 aliphatic heterocycles. The molecule has 1 unspecified atom stereocenters. The largest absolute Gasteiger partial charge is 0.293 e. The summed E-state index contributed by atoms with van der Waals surface area (Å²) in [5, 5.41) is 0. The lowest BCUT2D eigenvalue weighted by molar-refractivity contribution is 0.495. The van der Waals surface area contributed by atoms with Crippen LogP contribution in [0.2, 0.25) is 0 Å². The number of nitrogens with zero attached hydrogens (tertiary/aromatic N) is 1. The molecule has 1 nitrogen and oxygen atoms in total. The molecule has 0 aliphatic carbocycles. The van der Waals surface area contributed by atoms with Gasteiger partial charge in [0.25, 0.3) is 0 Å². The van der Waals surface area contributed by atoms with Gasteiger partial charge in [-0.1, -0.05) is 37.3 Å². The smallest absolute Gasteiger partial charge is 0.0237 e. The monoisotopic (exact) mass is 161 g/mol. The minimum Gasteiger partial charge on any atom is -0.293 e. The summed E-state index contributed by atoms with van der Waals surface area (Å²) in [7, 11) is 0. The molecule has 64 valence electrons. The van der Waals surface area contributed by atoms with Gasteiger partial charge in [-0.05, 0) is 12.0 Å². The van der Waals surface area contributed by atoms with Gasteiger partial charge in [0, 0.05) is 19.1 Å².